The van der Waals surface area contributed by atoms with E-state index in [9.17, 15) is 9.18 Å². The molecule has 1 atom stereocenters. The van der Waals surface area contributed by atoms with Gasteiger partial charge >= 0.3 is 0 Å². The summed E-state index contributed by atoms with van der Waals surface area (Å²) in [6, 6.07) is 17.6. The quantitative estimate of drug-likeness (QED) is 0.733. The predicted molar refractivity (Wildman–Crippen MR) is 97.2 cm³/mol. The number of rotatable bonds is 6. The van der Waals surface area contributed by atoms with E-state index < -0.39 is 0 Å². The number of halogens is 1. The number of nitrogens with zero attached hydrogens (tertiary/aromatic N) is 2. The molecule has 3 aromatic rings. The molecular weight excluding hydrogens is 333 g/mol. The molecule has 2 aromatic carbocycles. The molecule has 0 radical (unpaired) electrons. The maximum Gasteiger partial charge on any atom is 0.240 e. The highest BCUT2D eigenvalue weighted by Gasteiger charge is 2.21. The Bertz CT molecular complexity index is 862. The van der Waals surface area contributed by atoms with Gasteiger partial charge in [-0.3, -0.25) is 15.0 Å². The number of amides is 1. The van der Waals surface area contributed by atoms with Gasteiger partial charge < -0.3 is 4.52 Å². The van der Waals surface area contributed by atoms with E-state index in [4.69, 9.17) is 4.52 Å². The van der Waals surface area contributed by atoms with Crippen molar-refractivity contribution in [3.05, 3.63) is 83.3 Å². The number of aromatic nitrogens is 1. The van der Waals surface area contributed by atoms with E-state index in [1.54, 1.807) is 25.1 Å². The molecule has 0 saturated heterocycles. The maximum atomic E-state index is 13.3. The van der Waals surface area contributed by atoms with Crippen molar-refractivity contribution in [2.75, 3.05) is 18.9 Å². The van der Waals surface area contributed by atoms with Crippen LogP contribution in [0.4, 0.5) is 10.3 Å². The normalized spacial score (nSPS) is 12.2. The summed E-state index contributed by atoms with van der Waals surface area (Å²) in [5, 5.41) is 6.44. The van der Waals surface area contributed by atoms with Crippen LogP contribution in [0.3, 0.4) is 0 Å². The fourth-order valence-electron chi connectivity index (χ4n) is 2.90. The van der Waals surface area contributed by atoms with E-state index in [0.717, 1.165) is 11.1 Å². The molecule has 134 valence electrons. The van der Waals surface area contributed by atoms with Gasteiger partial charge in [0.2, 0.25) is 11.8 Å². The van der Waals surface area contributed by atoms with Gasteiger partial charge in [0.1, 0.15) is 5.82 Å². The van der Waals surface area contributed by atoms with Gasteiger partial charge in [-0.15, -0.1) is 0 Å². The summed E-state index contributed by atoms with van der Waals surface area (Å²) in [5.74, 6) is -0.188. The third kappa shape index (κ3) is 4.34. The Kier molecular flexibility index (Phi) is 5.43. The Hall–Kier alpha value is -2.99. The Balaban J connectivity index is 1.79. The number of carbonyl (C=O) groups excluding carboxylic acids is 1. The standard InChI is InChI=1S/C20H20FN3O2/c1-14-12-19(26-23-14)22-18(25)13-24(2)20(15-6-4-3-5-7-15)16-8-10-17(21)11-9-16/h3-12,20H,13H2,1-2H3,(H,22,25). The highest BCUT2D eigenvalue weighted by atomic mass is 19.1. The Morgan fingerprint density at radius 1 is 1.15 bits per heavy atom. The number of carbonyl (C=O) groups is 1. The summed E-state index contributed by atoms with van der Waals surface area (Å²) >= 11 is 0. The lowest BCUT2D eigenvalue weighted by molar-refractivity contribution is -0.117. The second-order valence-corrected chi connectivity index (χ2v) is 6.16. The number of nitrogens with one attached hydrogen (secondary N) is 1. The van der Waals surface area contributed by atoms with Crippen molar-refractivity contribution in [1.82, 2.24) is 10.1 Å². The highest BCUT2D eigenvalue weighted by Crippen LogP contribution is 2.27. The van der Waals surface area contributed by atoms with Crippen molar-refractivity contribution in [2.24, 2.45) is 0 Å². The highest BCUT2D eigenvalue weighted by molar-refractivity contribution is 5.91. The molecule has 0 saturated carbocycles. The molecule has 1 unspecified atom stereocenters. The van der Waals surface area contributed by atoms with Crippen LogP contribution in [0.25, 0.3) is 0 Å². The van der Waals surface area contributed by atoms with Gasteiger partial charge in [-0.05, 0) is 37.2 Å². The van der Waals surface area contributed by atoms with Crippen LogP contribution in [-0.4, -0.2) is 29.6 Å². The molecule has 0 aliphatic rings. The van der Waals surface area contributed by atoms with Crippen molar-refractivity contribution in [3.63, 3.8) is 0 Å². The number of anilines is 1. The minimum Gasteiger partial charge on any atom is -0.338 e. The first-order valence-electron chi connectivity index (χ1n) is 8.27. The molecule has 3 rings (SSSR count). The molecule has 1 heterocycles. The van der Waals surface area contributed by atoms with E-state index in [0.29, 0.717) is 11.6 Å². The largest absolute Gasteiger partial charge is 0.338 e. The zero-order chi connectivity index (χ0) is 18.5. The van der Waals surface area contributed by atoms with E-state index in [-0.39, 0.29) is 24.3 Å². The molecule has 1 N–H and O–H groups in total. The summed E-state index contributed by atoms with van der Waals surface area (Å²) in [6.07, 6.45) is 0. The van der Waals surface area contributed by atoms with Crippen LogP contribution < -0.4 is 5.32 Å². The van der Waals surface area contributed by atoms with Crippen LogP contribution in [0.2, 0.25) is 0 Å². The van der Waals surface area contributed by atoms with Crippen LogP contribution in [-0.2, 0) is 4.79 Å². The lowest BCUT2D eigenvalue weighted by Gasteiger charge is -2.28. The Labute approximate surface area is 151 Å². The third-order valence-electron chi connectivity index (χ3n) is 4.03. The van der Waals surface area contributed by atoms with Gasteiger partial charge in [0.05, 0.1) is 18.3 Å². The van der Waals surface area contributed by atoms with Crippen molar-refractivity contribution >= 4 is 11.8 Å². The van der Waals surface area contributed by atoms with E-state index in [1.807, 2.05) is 42.3 Å². The van der Waals surface area contributed by atoms with Gasteiger partial charge in [0.15, 0.2) is 0 Å². The first-order valence-corrected chi connectivity index (χ1v) is 8.27. The summed E-state index contributed by atoms with van der Waals surface area (Å²) in [7, 11) is 1.85. The Morgan fingerprint density at radius 3 is 2.42 bits per heavy atom. The number of hydrogen-bond acceptors (Lipinski definition) is 4. The topological polar surface area (TPSA) is 58.4 Å². The lowest BCUT2D eigenvalue weighted by Crippen LogP contribution is -2.33. The fourth-order valence-corrected chi connectivity index (χ4v) is 2.90. The molecule has 0 bridgehead atoms. The number of hydrogen-bond donors (Lipinski definition) is 1. The first kappa shape index (κ1) is 17.8. The molecule has 0 aliphatic carbocycles. The van der Waals surface area contributed by atoms with Gasteiger partial charge in [-0.2, -0.15) is 0 Å². The minimum absolute atomic E-state index is 0.136. The second-order valence-electron chi connectivity index (χ2n) is 6.16. The zero-order valence-corrected chi connectivity index (χ0v) is 14.6. The molecule has 5 nitrogen and oxygen atoms in total. The van der Waals surface area contributed by atoms with E-state index in [2.05, 4.69) is 10.5 Å². The third-order valence-corrected chi connectivity index (χ3v) is 4.03. The molecule has 6 heteroatoms. The van der Waals surface area contributed by atoms with Gasteiger partial charge in [0.25, 0.3) is 0 Å². The zero-order valence-electron chi connectivity index (χ0n) is 14.6. The molecule has 0 aliphatic heterocycles. The molecule has 1 aromatic heterocycles. The molecule has 26 heavy (non-hydrogen) atoms. The smallest absolute Gasteiger partial charge is 0.240 e. The lowest BCUT2D eigenvalue weighted by atomic mass is 9.97. The average Bonchev–Trinajstić information content (AvgIpc) is 3.02. The van der Waals surface area contributed by atoms with Crippen LogP contribution in [0.1, 0.15) is 22.9 Å². The number of aryl methyl sites for hydroxylation is 1. The summed E-state index contributed by atoms with van der Waals surface area (Å²) in [4.78, 5) is 14.3. The Morgan fingerprint density at radius 2 is 1.81 bits per heavy atom. The molecule has 1 amide bonds. The van der Waals surface area contributed by atoms with Crippen molar-refractivity contribution < 1.29 is 13.7 Å². The van der Waals surface area contributed by atoms with Gasteiger partial charge in [-0.25, -0.2) is 4.39 Å². The molecular formula is C20H20FN3O2. The van der Waals surface area contributed by atoms with Crippen molar-refractivity contribution in [3.8, 4) is 0 Å². The predicted octanol–water partition coefficient (Wildman–Crippen LogP) is 3.78. The maximum absolute atomic E-state index is 13.3. The average molecular weight is 353 g/mol. The summed E-state index contributed by atoms with van der Waals surface area (Å²) in [6.45, 7) is 1.92. The van der Waals surface area contributed by atoms with Gasteiger partial charge in [0, 0.05) is 6.07 Å². The first-order chi connectivity index (χ1) is 12.5. The minimum atomic E-state index is -0.290. The second kappa shape index (κ2) is 7.93. The summed E-state index contributed by atoms with van der Waals surface area (Å²) in [5.41, 5.74) is 2.62. The van der Waals surface area contributed by atoms with E-state index in [1.165, 1.54) is 12.1 Å². The SMILES string of the molecule is Cc1cc(NC(=O)CN(C)C(c2ccccc2)c2ccc(F)cc2)on1. The van der Waals surface area contributed by atoms with E-state index >= 15 is 0 Å². The monoisotopic (exact) mass is 353 g/mol. The molecule has 0 spiro atoms. The fraction of sp³-hybridized carbons (Fsp3) is 0.200. The number of likely N-dealkylation sites (N-methyl/N-ethyl adjacent to an activating group) is 1. The summed E-state index contributed by atoms with van der Waals surface area (Å²) < 4.78 is 18.3. The van der Waals surface area contributed by atoms with Crippen LogP contribution >= 0.6 is 0 Å². The molecule has 0 fully saturated rings. The van der Waals surface area contributed by atoms with Crippen molar-refractivity contribution in [1.29, 1.82) is 0 Å². The van der Waals surface area contributed by atoms with Gasteiger partial charge in [-0.1, -0.05) is 47.6 Å². The van der Waals surface area contributed by atoms with Crippen LogP contribution in [0, 0.1) is 12.7 Å². The van der Waals surface area contributed by atoms with Crippen LogP contribution in [0.5, 0.6) is 0 Å². The number of benzene rings is 2. The van der Waals surface area contributed by atoms with Crippen molar-refractivity contribution in [2.45, 2.75) is 13.0 Å². The van der Waals surface area contributed by atoms with Crippen LogP contribution in [0.15, 0.2) is 65.2 Å².